The lowest BCUT2D eigenvalue weighted by atomic mass is 10.4. The first-order valence-corrected chi connectivity index (χ1v) is 5.76. The van der Waals surface area contributed by atoms with Crippen LogP contribution in [0.1, 0.15) is 11.8 Å². The first-order chi connectivity index (χ1) is 7.11. The highest BCUT2D eigenvalue weighted by Crippen LogP contribution is 2.22. The second-order valence-electron chi connectivity index (χ2n) is 2.68. The van der Waals surface area contributed by atoms with Crippen LogP contribution in [-0.4, -0.2) is 12.1 Å². The Morgan fingerprint density at radius 1 is 1.73 bits per heavy atom. The first-order valence-electron chi connectivity index (χ1n) is 4.15. The van der Waals surface area contributed by atoms with Crippen molar-refractivity contribution in [1.29, 1.82) is 5.26 Å². The molecule has 78 valence electrons. The molecule has 5 heteroatoms. The predicted octanol–water partition coefficient (Wildman–Crippen LogP) is 2.98. The van der Waals surface area contributed by atoms with Crippen LogP contribution in [0.5, 0.6) is 0 Å². The zero-order chi connectivity index (χ0) is 11.3. The third kappa shape index (κ3) is 4.28. The molecule has 0 aliphatic heterocycles. The molecule has 0 aliphatic carbocycles. The third-order valence-corrected chi connectivity index (χ3v) is 3.04. The Bertz CT molecular complexity index is 419. The van der Waals surface area contributed by atoms with E-state index in [1.807, 2.05) is 18.2 Å². The lowest BCUT2D eigenvalue weighted by Gasteiger charge is -2.00. The predicted molar refractivity (Wildman–Crippen MR) is 62.2 cm³/mol. The largest absolute Gasteiger partial charge is 0.444 e. The summed E-state index contributed by atoms with van der Waals surface area (Å²) in [6.45, 7) is 1.52. The molecule has 0 radical (unpaired) electrons. The van der Waals surface area contributed by atoms with E-state index >= 15 is 0 Å². The van der Waals surface area contributed by atoms with Crippen LogP contribution in [0.2, 0.25) is 0 Å². The Hall–Kier alpha value is -1.12. The van der Waals surface area contributed by atoms with Crippen LogP contribution in [0.3, 0.4) is 0 Å². The summed E-state index contributed by atoms with van der Waals surface area (Å²) in [6, 6.07) is 5.59. The van der Waals surface area contributed by atoms with Crippen LogP contribution in [0.4, 0.5) is 0 Å². The van der Waals surface area contributed by atoms with Crippen molar-refractivity contribution in [3.05, 3.63) is 26.9 Å². The molecule has 1 aromatic heterocycles. The van der Waals surface area contributed by atoms with Gasteiger partial charge >= 0.3 is 5.97 Å². The molecule has 0 aromatic carbocycles. The van der Waals surface area contributed by atoms with Gasteiger partial charge in [-0.25, -0.2) is 4.79 Å². The normalized spacial score (nSPS) is 12.3. The highest BCUT2D eigenvalue weighted by molar-refractivity contribution is 9.11. The fourth-order valence-corrected chi connectivity index (χ4v) is 2.13. The number of carbonyl (C=O) groups is 1. The van der Waals surface area contributed by atoms with Gasteiger partial charge < -0.3 is 4.74 Å². The molecule has 0 N–H and O–H groups in total. The van der Waals surface area contributed by atoms with Crippen LogP contribution in [0, 0.1) is 11.3 Å². The van der Waals surface area contributed by atoms with E-state index in [2.05, 4.69) is 15.9 Å². The van der Waals surface area contributed by atoms with Crippen molar-refractivity contribution in [2.75, 3.05) is 0 Å². The number of ether oxygens (including phenoxy) is 1. The summed E-state index contributed by atoms with van der Waals surface area (Å²) in [4.78, 5) is 12.1. The number of thiophene rings is 1. The zero-order valence-electron chi connectivity index (χ0n) is 7.94. The summed E-state index contributed by atoms with van der Waals surface area (Å²) >= 11 is 4.83. The maximum absolute atomic E-state index is 11.1. The van der Waals surface area contributed by atoms with Gasteiger partial charge in [-0.3, -0.25) is 0 Å². The van der Waals surface area contributed by atoms with Crippen LogP contribution in [0.25, 0.3) is 6.08 Å². The summed E-state index contributed by atoms with van der Waals surface area (Å²) in [5.74, 6) is -0.506. The first kappa shape index (κ1) is 12.0. The molecule has 1 atom stereocenters. The topological polar surface area (TPSA) is 50.1 Å². The molecule has 0 fully saturated rings. The van der Waals surface area contributed by atoms with Crippen LogP contribution >= 0.6 is 27.3 Å². The average molecular weight is 286 g/mol. The maximum Gasteiger partial charge on any atom is 0.332 e. The molecule has 0 unspecified atom stereocenters. The van der Waals surface area contributed by atoms with Crippen LogP contribution in [0.15, 0.2) is 22.0 Å². The van der Waals surface area contributed by atoms with Gasteiger partial charge in [-0.1, -0.05) is 0 Å². The summed E-state index contributed by atoms with van der Waals surface area (Å²) in [6.07, 6.45) is 2.26. The smallest absolute Gasteiger partial charge is 0.332 e. The summed E-state index contributed by atoms with van der Waals surface area (Å²) in [5, 5.41) is 8.42. The molecule has 3 nitrogen and oxygen atoms in total. The van der Waals surface area contributed by atoms with Crippen molar-refractivity contribution in [3.63, 3.8) is 0 Å². The average Bonchev–Trinajstić information content (AvgIpc) is 2.61. The number of halogens is 1. The summed E-state index contributed by atoms with van der Waals surface area (Å²) in [7, 11) is 0. The van der Waals surface area contributed by atoms with E-state index in [0.717, 1.165) is 8.66 Å². The minimum absolute atomic E-state index is 0.506. The molecule has 0 spiro atoms. The van der Waals surface area contributed by atoms with Gasteiger partial charge in [-0.15, -0.1) is 11.3 Å². The molecule has 0 saturated carbocycles. The highest BCUT2D eigenvalue weighted by atomic mass is 79.9. The van der Waals surface area contributed by atoms with Gasteiger partial charge in [0.2, 0.25) is 0 Å². The standard InChI is InChI=1S/C10H8BrNO2S/c1-7(6-12)14-10(13)5-3-8-2-4-9(11)15-8/h2-5,7H,1H3/b5-3+/t7-/m0/s1. The van der Waals surface area contributed by atoms with Gasteiger partial charge in [-0.2, -0.15) is 5.26 Å². The van der Waals surface area contributed by atoms with Crippen molar-refractivity contribution in [2.24, 2.45) is 0 Å². The van der Waals surface area contributed by atoms with Gasteiger partial charge in [0.25, 0.3) is 0 Å². The van der Waals surface area contributed by atoms with Crippen LogP contribution < -0.4 is 0 Å². The molecule has 1 rings (SSSR count). The van der Waals surface area contributed by atoms with Gasteiger partial charge in [0, 0.05) is 11.0 Å². The van der Waals surface area contributed by atoms with Crippen molar-refractivity contribution in [2.45, 2.75) is 13.0 Å². The molecular formula is C10H8BrNO2S. The Morgan fingerprint density at radius 3 is 3.00 bits per heavy atom. The zero-order valence-corrected chi connectivity index (χ0v) is 10.3. The molecular weight excluding hydrogens is 278 g/mol. The van der Waals surface area contributed by atoms with Gasteiger partial charge in [0.1, 0.15) is 6.07 Å². The summed E-state index contributed by atoms with van der Waals surface area (Å²) in [5.41, 5.74) is 0. The fourth-order valence-electron chi connectivity index (χ4n) is 0.808. The lowest BCUT2D eigenvalue weighted by Crippen LogP contribution is -2.09. The fraction of sp³-hybridized carbons (Fsp3) is 0.200. The van der Waals surface area contributed by atoms with Crippen molar-refractivity contribution < 1.29 is 9.53 Å². The number of esters is 1. The van der Waals surface area contributed by atoms with Gasteiger partial charge in [-0.05, 0) is 41.1 Å². The molecule has 0 aliphatic rings. The SMILES string of the molecule is C[C@@H](C#N)OC(=O)/C=C/c1ccc(Br)s1. The quantitative estimate of drug-likeness (QED) is 0.634. The Kier molecular flexibility index (Phi) is 4.53. The second-order valence-corrected chi connectivity index (χ2v) is 5.18. The van der Waals surface area contributed by atoms with Crippen LogP contribution in [-0.2, 0) is 9.53 Å². The Balaban J connectivity index is 2.52. The number of nitriles is 1. The lowest BCUT2D eigenvalue weighted by molar-refractivity contribution is -0.139. The van der Waals surface area contributed by atoms with E-state index < -0.39 is 12.1 Å². The number of carbonyl (C=O) groups excluding carboxylic acids is 1. The van der Waals surface area contributed by atoms with E-state index in [1.54, 1.807) is 6.08 Å². The maximum atomic E-state index is 11.1. The molecule has 15 heavy (non-hydrogen) atoms. The van der Waals surface area contributed by atoms with Gasteiger partial charge in [0.15, 0.2) is 6.10 Å². The van der Waals surface area contributed by atoms with Crippen molar-refractivity contribution in [1.82, 2.24) is 0 Å². The Labute approximate surface area is 100 Å². The minimum Gasteiger partial charge on any atom is -0.444 e. The molecule has 1 heterocycles. The van der Waals surface area contributed by atoms with E-state index in [0.29, 0.717) is 0 Å². The van der Waals surface area contributed by atoms with E-state index in [4.69, 9.17) is 10.00 Å². The van der Waals surface area contributed by atoms with Crippen molar-refractivity contribution in [3.8, 4) is 6.07 Å². The molecule has 0 saturated heterocycles. The second kappa shape index (κ2) is 5.69. The monoisotopic (exact) mass is 285 g/mol. The van der Waals surface area contributed by atoms with E-state index in [1.165, 1.54) is 24.3 Å². The number of hydrogen-bond donors (Lipinski definition) is 0. The number of rotatable bonds is 3. The molecule has 0 amide bonds. The minimum atomic E-state index is -0.711. The summed E-state index contributed by atoms with van der Waals surface area (Å²) < 4.78 is 5.73. The number of hydrogen-bond acceptors (Lipinski definition) is 4. The molecule has 1 aromatic rings. The van der Waals surface area contributed by atoms with E-state index in [-0.39, 0.29) is 0 Å². The van der Waals surface area contributed by atoms with Gasteiger partial charge in [0.05, 0.1) is 3.79 Å². The molecule has 0 bridgehead atoms. The Morgan fingerprint density at radius 2 is 2.47 bits per heavy atom. The van der Waals surface area contributed by atoms with Crippen molar-refractivity contribution >= 4 is 39.3 Å². The third-order valence-electron chi connectivity index (χ3n) is 1.45. The highest BCUT2D eigenvalue weighted by Gasteiger charge is 2.04. The number of nitrogens with zero attached hydrogens (tertiary/aromatic N) is 1. The van der Waals surface area contributed by atoms with E-state index in [9.17, 15) is 4.79 Å².